The number of amides is 2. The van der Waals surface area contributed by atoms with Crippen LogP contribution in [0.4, 0.5) is 4.79 Å². The molecule has 0 bridgehead atoms. The maximum Gasteiger partial charge on any atom is 0.407 e. The molecule has 1 aromatic heterocycles. The molecule has 0 fully saturated rings. The van der Waals surface area contributed by atoms with Crippen LogP contribution in [0.25, 0.3) is 10.9 Å². The van der Waals surface area contributed by atoms with Crippen LogP contribution in [0.15, 0.2) is 30.5 Å². The molecule has 0 aliphatic carbocycles. The number of carbonyl (C=O) groups excluding carboxylic acids is 2. The van der Waals surface area contributed by atoms with Crippen LogP contribution in [0.5, 0.6) is 0 Å². The topological polar surface area (TPSA) is 80.3 Å². The number of aromatic nitrogens is 1. The quantitative estimate of drug-likeness (QED) is 0.893. The number of pyridine rings is 1. The first-order valence-electron chi connectivity index (χ1n) is 8.29. The van der Waals surface area contributed by atoms with Crippen LogP contribution < -0.4 is 10.6 Å². The van der Waals surface area contributed by atoms with E-state index in [1.54, 1.807) is 19.3 Å². The van der Waals surface area contributed by atoms with E-state index in [0.717, 1.165) is 16.5 Å². The van der Waals surface area contributed by atoms with Crippen molar-refractivity contribution >= 4 is 22.9 Å². The largest absolute Gasteiger partial charge is 0.444 e. The third-order valence-corrected chi connectivity index (χ3v) is 3.76. The maximum absolute atomic E-state index is 12.0. The molecule has 0 saturated heterocycles. The van der Waals surface area contributed by atoms with Gasteiger partial charge in [-0.2, -0.15) is 0 Å². The van der Waals surface area contributed by atoms with Crippen LogP contribution >= 0.6 is 0 Å². The van der Waals surface area contributed by atoms with E-state index in [2.05, 4.69) is 15.6 Å². The summed E-state index contributed by atoms with van der Waals surface area (Å²) < 4.78 is 5.26. The number of hydrogen-bond acceptors (Lipinski definition) is 4. The number of fused-ring (bicyclic) bond motifs is 1. The number of ether oxygens (including phenoxy) is 1. The van der Waals surface area contributed by atoms with Crippen molar-refractivity contribution in [2.45, 2.75) is 39.2 Å². The molecule has 1 aromatic carbocycles. The maximum atomic E-state index is 12.0. The van der Waals surface area contributed by atoms with Crippen LogP contribution in [0.3, 0.4) is 0 Å². The van der Waals surface area contributed by atoms with Crippen molar-refractivity contribution in [3.8, 4) is 0 Å². The highest BCUT2D eigenvalue weighted by Gasteiger charge is 2.18. The van der Waals surface area contributed by atoms with Crippen LogP contribution in [-0.2, 0) is 4.74 Å². The van der Waals surface area contributed by atoms with Gasteiger partial charge in [-0.05, 0) is 32.4 Å². The van der Waals surface area contributed by atoms with Gasteiger partial charge in [-0.15, -0.1) is 0 Å². The third kappa shape index (κ3) is 4.68. The molecule has 1 unspecified atom stereocenters. The second kappa shape index (κ2) is 7.51. The second-order valence-corrected chi connectivity index (χ2v) is 6.96. The molecular weight excluding hydrogens is 318 g/mol. The number of para-hydroxylation sites is 1. The highest BCUT2D eigenvalue weighted by Crippen LogP contribution is 2.26. The van der Waals surface area contributed by atoms with Gasteiger partial charge < -0.3 is 15.4 Å². The van der Waals surface area contributed by atoms with Crippen molar-refractivity contribution in [2.24, 2.45) is 0 Å². The Hall–Kier alpha value is -2.63. The molecule has 0 spiro atoms. The van der Waals surface area contributed by atoms with Gasteiger partial charge in [-0.3, -0.25) is 9.78 Å². The Morgan fingerprint density at radius 2 is 1.96 bits per heavy atom. The zero-order chi connectivity index (χ0) is 18.6. The van der Waals surface area contributed by atoms with Gasteiger partial charge in [0, 0.05) is 31.1 Å². The molecular formula is C19H25N3O3. The molecule has 0 radical (unpaired) electrons. The Labute approximate surface area is 148 Å². The summed E-state index contributed by atoms with van der Waals surface area (Å²) in [6.45, 7) is 7.89. The number of carbonyl (C=O) groups is 2. The lowest BCUT2D eigenvalue weighted by Crippen LogP contribution is -2.34. The van der Waals surface area contributed by atoms with Gasteiger partial charge in [-0.1, -0.05) is 25.1 Å². The van der Waals surface area contributed by atoms with Crippen molar-refractivity contribution < 1.29 is 14.3 Å². The van der Waals surface area contributed by atoms with Crippen molar-refractivity contribution in [3.63, 3.8) is 0 Å². The van der Waals surface area contributed by atoms with Crippen LogP contribution in [0, 0.1) is 0 Å². The summed E-state index contributed by atoms with van der Waals surface area (Å²) in [6.07, 6.45) is 1.18. The lowest BCUT2D eigenvalue weighted by molar-refractivity contribution is 0.0525. The first kappa shape index (κ1) is 18.7. The summed E-state index contributed by atoms with van der Waals surface area (Å²) in [7, 11) is 1.60. The molecule has 0 aliphatic rings. The average molecular weight is 343 g/mol. The highest BCUT2D eigenvalue weighted by atomic mass is 16.6. The summed E-state index contributed by atoms with van der Waals surface area (Å²) in [6, 6.07) is 7.44. The Bertz CT molecular complexity index is 781. The van der Waals surface area contributed by atoms with Crippen molar-refractivity contribution in [1.82, 2.24) is 15.6 Å². The van der Waals surface area contributed by atoms with E-state index < -0.39 is 11.7 Å². The third-order valence-electron chi connectivity index (χ3n) is 3.76. The number of hydrogen-bond donors (Lipinski definition) is 2. The molecule has 2 N–H and O–H groups in total. The first-order valence-corrected chi connectivity index (χ1v) is 8.29. The monoisotopic (exact) mass is 343 g/mol. The van der Waals surface area contributed by atoms with Crippen LogP contribution in [-0.4, -0.2) is 36.2 Å². The van der Waals surface area contributed by atoms with E-state index in [0.29, 0.717) is 12.1 Å². The van der Waals surface area contributed by atoms with Crippen LogP contribution in [0.2, 0.25) is 0 Å². The van der Waals surface area contributed by atoms with E-state index in [1.807, 2.05) is 45.9 Å². The lowest BCUT2D eigenvalue weighted by atomic mass is 9.96. The fourth-order valence-corrected chi connectivity index (χ4v) is 2.59. The second-order valence-electron chi connectivity index (χ2n) is 6.96. The molecule has 134 valence electrons. The fourth-order valence-electron chi connectivity index (χ4n) is 2.59. The number of alkyl carbamates (subject to hydrolysis) is 1. The van der Waals surface area contributed by atoms with Gasteiger partial charge in [-0.25, -0.2) is 4.79 Å². The molecule has 0 aliphatic heterocycles. The Morgan fingerprint density at radius 1 is 1.24 bits per heavy atom. The number of benzene rings is 1. The SMILES string of the molecule is CNC(=O)c1ccnc2c(C(C)CNC(=O)OC(C)(C)C)cccc12. The standard InChI is InChI=1S/C19H25N3O3/c1-12(11-22-18(24)25-19(2,3)4)13-7-6-8-14-15(17(23)20-5)9-10-21-16(13)14/h6-10,12H,11H2,1-5H3,(H,20,23)(H,22,24). The van der Waals surface area contributed by atoms with E-state index in [-0.39, 0.29) is 11.8 Å². The van der Waals surface area contributed by atoms with Gasteiger partial charge >= 0.3 is 6.09 Å². The molecule has 1 heterocycles. The minimum absolute atomic E-state index is 0.0173. The van der Waals surface area contributed by atoms with Crippen molar-refractivity contribution in [1.29, 1.82) is 0 Å². The summed E-state index contributed by atoms with van der Waals surface area (Å²) >= 11 is 0. The molecule has 25 heavy (non-hydrogen) atoms. The van der Waals surface area contributed by atoms with E-state index in [9.17, 15) is 9.59 Å². The first-order chi connectivity index (χ1) is 11.7. The van der Waals surface area contributed by atoms with Crippen molar-refractivity contribution in [2.75, 3.05) is 13.6 Å². The Balaban J connectivity index is 2.23. The number of nitrogens with one attached hydrogen (secondary N) is 2. The molecule has 2 amide bonds. The Morgan fingerprint density at radius 3 is 2.60 bits per heavy atom. The smallest absolute Gasteiger partial charge is 0.407 e. The fraction of sp³-hybridized carbons (Fsp3) is 0.421. The molecule has 1 atom stereocenters. The average Bonchev–Trinajstić information content (AvgIpc) is 2.56. The zero-order valence-electron chi connectivity index (χ0n) is 15.3. The highest BCUT2D eigenvalue weighted by molar-refractivity contribution is 6.06. The molecule has 6 nitrogen and oxygen atoms in total. The summed E-state index contributed by atoms with van der Waals surface area (Å²) in [5.74, 6) is -0.132. The zero-order valence-corrected chi connectivity index (χ0v) is 15.3. The molecule has 2 rings (SSSR count). The van der Waals surface area contributed by atoms with Gasteiger partial charge in [0.1, 0.15) is 5.60 Å². The lowest BCUT2D eigenvalue weighted by Gasteiger charge is -2.21. The summed E-state index contributed by atoms with van der Waals surface area (Å²) in [5, 5.41) is 6.22. The van der Waals surface area contributed by atoms with Crippen LogP contribution in [0.1, 0.15) is 49.5 Å². The normalized spacial score (nSPS) is 12.5. The number of nitrogens with zero attached hydrogens (tertiary/aromatic N) is 1. The van der Waals surface area contributed by atoms with Gasteiger partial charge in [0.25, 0.3) is 5.91 Å². The van der Waals surface area contributed by atoms with E-state index in [4.69, 9.17) is 4.74 Å². The van der Waals surface area contributed by atoms with Gasteiger partial charge in [0.05, 0.1) is 11.1 Å². The molecule has 0 saturated carbocycles. The van der Waals surface area contributed by atoms with E-state index in [1.165, 1.54) is 0 Å². The summed E-state index contributed by atoms with van der Waals surface area (Å²) in [5.41, 5.74) is 1.79. The minimum atomic E-state index is -0.531. The molecule has 6 heteroatoms. The predicted octanol–water partition coefficient (Wildman–Crippen LogP) is 3.22. The number of rotatable bonds is 4. The Kier molecular flexibility index (Phi) is 5.62. The van der Waals surface area contributed by atoms with Gasteiger partial charge in [0.15, 0.2) is 0 Å². The molecule has 2 aromatic rings. The van der Waals surface area contributed by atoms with Crippen molar-refractivity contribution in [3.05, 3.63) is 41.6 Å². The van der Waals surface area contributed by atoms with Gasteiger partial charge in [0.2, 0.25) is 0 Å². The summed E-state index contributed by atoms with van der Waals surface area (Å²) in [4.78, 5) is 28.3. The minimum Gasteiger partial charge on any atom is -0.444 e. The predicted molar refractivity (Wildman–Crippen MR) is 97.8 cm³/mol. The van der Waals surface area contributed by atoms with E-state index >= 15 is 0 Å².